The fraction of sp³-hybridized carbons (Fsp3) is 0.429. The Morgan fingerprint density at radius 1 is 1.21 bits per heavy atom. The Balaban J connectivity index is 1.43. The molecule has 2 aromatic heterocycles. The molecule has 1 atom stereocenters. The van der Waals surface area contributed by atoms with Crippen LogP contribution in [-0.2, 0) is 11.3 Å². The molecule has 0 N–H and O–H groups in total. The first-order valence-corrected chi connectivity index (χ1v) is 10.4. The van der Waals surface area contributed by atoms with Crippen molar-refractivity contribution < 1.29 is 4.79 Å². The molecule has 1 unspecified atom stereocenters. The van der Waals surface area contributed by atoms with Gasteiger partial charge in [-0.15, -0.1) is 0 Å². The molecule has 2 fully saturated rings. The zero-order valence-corrected chi connectivity index (χ0v) is 17.0. The van der Waals surface area contributed by atoms with Gasteiger partial charge in [0.25, 0.3) is 5.56 Å². The number of aromatic nitrogens is 4. The molecule has 29 heavy (non-hydrogen) atoms. The Morgan fingerprint density at radius 3 is 2.69 bits per heavy atom. The SMILES string of the molecule is Cc1nn(C2CC2)c2c(=O)n(CC(=O)N3CCCC3c3ccc(Cl)cc3)ncc12. The molecule has 150 valence electrons. The van der Waals surface area contributed by atoms with Crippen molar-refractivity contribution >= 4 is 28.4 Å². The highest BCUT2D eigenvalue weighted by Gasteiger charge is 2.31. The van der Waals surface area contributed by atoms with Gasteiger partial charge >= 0.3 is 0 Å². The summed E-state index contributed by atoms with van der Waals surface area (Å²) in [4.78, 5) is 28.0. The van der Waals surface area contributed by atoms with Gasteiger partial charge in [-0.2, -0.15) is 10.2 Å². The van der Waals surface area contributed by atoms with E-state index in [1.54, 1.807) is 6.20 Å². The minimum atomic E-state index is -0.245. The third-order valence-electron chi connectivity index (χ3n) is 5.90. The van der Waals surface area contributed by atoms with Gasteiger partial charge in [0.15, 0.2) is 0 Å². The smallest absolute Gasteiger partial charge is 0.293 e. The minimum absolute atomic E-state index is 0.0124. The van der Waals surface area contributed by atoms with Crippen LogP contribution < -0.4 is 5.56 Å². The van der Waals surface area contributed by atoms with E-state index >= 15 is 0 Å². The van der Waals surface area contributed by atoms with Crippen molar-refractivity contribution in [3.8, 4) is 0 Å². The lowest BCUT2D eigenvalue weighted by atomic mass is 10.0. The largest absolute Gasteiger partial charge is 0.334 e. The Morgan fingerprint density at radius 2 is 1.97 bits per heavy atom. The molecule has 1 aliphatic carbocycles. The van der Waals surface area contributed by atoms with Crippen LogP contribution in [0.5, 0.6) is 0 Å². The number of likely N-dealkylation sites (tertiary alicyclic amines) is 1. The number of halogens is 1. The first-order valence-electron chi connectivity index (χ1n) is 10.0. The second-order valence-electron chi connectivity index (χ2n) is 7.93. The van der Waals surface area contributed by atoms with Gasteiger partial charge in [0.1, 0.15) is 12.1 Å². The van der Waals surface area contributed by atoms with E-state index in [2.05, 4.69) is 10.2 Å². The molecule has 3 heterocycles. The van der Waals surface area contributed by atoms with Crippen LogP contribution in [0.15, 0.2) is 35.3 Å². The van der Waals surface area contributed by atoms with Gasteiger partial charge in [-0.1, -0.05) is 23.7 Å². The molecule has 0 spiro atoms. The van der Waals surface area contributed by atoms with Gasteiger partial charge in [0.2, 0.25) is 5.91 Å². The summed E-state index contributed by atoms with van der Waals surface area (Å²) in [6.45, 7) is 2.51. The number of aryl methyl sites for hydroxylation is 1. The fourth-order valence-electron chi connectivity index (χ4n) is 4.24. The van der Waals surface area contributed by atoms with Gasteiger partial charge in [-0.25, -0.2) is 4.68 Å². The highest BCUT2D eigenvalue weighted by Crippen LogP contribution is 2.36. The lowest BCUT2D eigenvalue weighted by molar-refractivity contribution is -0.133. The second kappa shape index (κ2) is 6.99. The van der Waals surface area contributed by atoms with Gasteiger partial charge in [-0.05, 0) is 50.3 Å². The lowest BCUT2D eigenvalue weighted by Gasteiger charge is -2.25. The van der Waals surface area contributed by atoms with E-state index in [4.69, 9.17) is 11.6 Å². The molecular weight excluding hydrogens is 390 g/mol. The summed E-state index contributed by atoms with van der Waals surface area (Å²) in [6, 6.07) is 7.92. The predicted molar refractivity (Wildman–Crippen MR) is 110 cm³/mol. The van der Waals surface area contributed by atoms with Crippen LogP contribution in [0, 0.1) is 6.92 Å². The van der Waals surface area contributed by atoms with Gasteiger partial charge in [0.05, 0.1) is 24.0 Å². The number of nitrogens with zero attached hydrogens (tertiary/aromatic N) is 5. The Labute approximate surface area is 172 Å². The van der Waals surface area contributed by atoms with Gasteiger partial charge in [-0.3, -0.25) is 14.3 Å². The summed E-state index contributed by atoms with van der Waals surface area (Å²) in [5.74, 6) is -0.0920. The Bertz CT molecular complexity index is 1150. The molecule has 1 saturated heterocycles. The molecule has 0 bridgehead atoms. The number of fused-ring (bicyclic) bond motifs is 1. The van der Waals surface area contributed by atoms with E-state index in [1.165, 1.54) is 4.68 Å². The van der Waals surface area contributed by atoms with Crippen molar-refractivity contribution in [3.63, 3.8) is 0 Å². The van der Waals surface area contributed by atoms with Crippen molar-refractivity contribution in [2.75, 3.05) is 6.54 Å². The summed E-state index contributed by atoms with van der Waals surface area (Å²) in [5, 5.41) is 10.2. The number of rotatable bonds is 4. The maximum atomic E-state index is 13.1. The number of carbonyl (C=O) groups excluding carboxylic acids is 1. The van der Waals surface area contributed by atoms with E-state index < -0.39 is 0 Å². The van der Waals surface area contributed by atoms with E-state index in [1.807, 2.05) is 40.8 Å². The van der Waals surface area contributed by atoms with Crippen LogP contribution >= 0.6 is 11.6 Å². The highest BCUT2D eigenvalue weighted by molar-refractivity contribution is 6.30. The quantitative estimate of drug-likeness (QED) is 0.660. The Hall–Kier alpha value is -2.67. The summed E-state index contributed by atoms with van der Waals surface area (Å²) >= 11 is 6.00. The summed E-state index contributed by atoms with van der Waals surface area (Å²) < 4.78 is 3.10. The third-order valence-corrected chi connectivity index (χ3v) is 6.15. The van der Waals surface area contributed by atoms with Crippen LogP contribution in [0.25, 0.3) is 10.9 Å². The molecule has 1 aromatic carbocycles. The van der Waals surface area contributed by atoms with Crippen molar-refractivity contribution in [3.05, 3.63) is 57.1 Å². The number of carbonyl (C=O) groups is 1. The first-order chi connectivity index (χ1) is 14.0. The molecule has 8 heteroatoms. The lowest BCUT2D eigenvalue weighted by Crippen LogP contribution is -2.37. The maximum absolute atomic E-state index is 13.1. The van der Waals surface area contributed by atoms with Crippen molar-refractivity contribution in [1.82, 2.24) is 24.5 Å². The monoisotopic (exact) mass is 411 g/mol. The summed E-state index contributed by atoms with van der Waals surface area (Å²) in [6.07, 6.45) is 5.57. The normalized spacial score (nSPS) is 19.2. The maximum Gasteiger partial charge on any atom is 0.293 e. The first kappa shape index (κ1) is 18.4. The molecule has 5 rings (SSSR count). The number of hydrogen-bond acceptors (Lipinski definition) is 4. The van der Waals surface area contributed by atoms with Crippen molar-refractivity contribution in [2.45, 2.75) is 51.2 Å². The zero-order chi connectivity index (χ0) is 20.1. The number of benzene rings is 1. The van der Waals surface area contributed by atoms with Crippen LogP contribution in [0.3, 0.4) is 0 Å². The highest BCUT2D eigenvalue weighted by atomic mass is 35.5. The van der Waals surface area contributed by atoms with Crippen LogP contribution in [0.2, 0.25) is 5.02 Å². The van der Waals surface area contributed by atoms with E-state index in [0.29, 0.717) is 23.1 Å². The Kier molecular flexibility index (Phi) is 4.42. The van der Waals surface area contributed by atoms with Crippen LogP contribution in [0.1, 0.15) is 49.0 Å². The second-order valence-corrected chi connectivity index (χ2v) is 8.36. The fourth-order valence-corrected chi connectivity index (χ4v) is 4.37. The molecule has 2 aliphatic rings. The van der Waals surface area contributed by atoms with Gasteiger partial charge < -0.3 is 4.90 Å². The number of hydrogen-bond donors (Lipinski definition) is 0. The molecule has 3 aromatic rings. The van der Waals surface area contributed by atoms with E-state index in [-0.39, 0.29) is 24.1 Å². The van der Waals surface area contributed by atoms with E-state index in [9.17, 15) is 9.59 Å². The molecule has 7 nitrogen and oxygen atoms in total. The van der Waals surface area contributed by atoms with E-state index in [0.717, 1.165) is 42.3 Å². The summed E-state index contributed by atoms with van der Waals surface area (Å²) in [7, 11) is 0. The van der Waals surface area contributed by atoms with Crippen molar-refractivity contribution in [1.29, 1.82) is 0 Å². The topological polar surface area (TPSA) is 73.0 Å². The zero-order valence-electron chi connectivity index (χ0n) is 16.2. The predicted octanol–water partition coefficient (Wildman–Crippen LogP) is 3.25. The average molecular weight is 412 g/mol. The third kappa shape index (κ3) is 3.23. The average Bonchev–Trinajstić information content (AvgIpc) is 3.33. The molecule has 0 radical (unpaired) electrons. The summed E-state index contributed by atoms with van der Waals surface area (Å²) in [5.41, 5.74) is 2.19. The van der Waals surface area contributed by atoms with Crippen molar-refractivity contribution in [2.24, 2.45) is 0 Å². The number of amides is 1. The van der Waals surface area contributed by atoms with Crippen LogP contribution in [-0.4, -0.2) is 36.9 Å². The minimum Gasteiger partial charge on any atom is -0.334 e. The van der Waals surface area contributed by atoms with Gasteiger partial charge in [0, 0.05) is 17.0 Å². The molecule has 1 amide bonds. The molecule has 1 aliphatic heterocycles. The standard InChI is InChI=1S/C21H22ClN5O2/c1-13-17-11-23-26(21(29)20(17)27(24-13)16-8-9-16)12-19(28)25-10-2-3-18(25)14-4-6-15(22)7-5-14/h4-7,11,16,18H,2-3,8-10,12H2,1H3. The molecular formula is C21H22ClN5O2. The molecule has 1 saturated carbocycles. The van der Waals surface area contributed by atoms with Crippen LogP contribution in [0.4, 0.5) is 0 Å².